The first-order valence-corrected chi connectivity index (χ1v) is 15.7. The molecule has 3 aliphatic rings. The van der Waals surface area contributed by atoms with Crippen LogP contribution in [0.15, 0.2) is 55.6 Å². The monoisotopic (exact) mass is 579 g/mol. The summed E-state index contributed by atoms with van der Waals surface area (Å²) in [5.74, 6) is -2.27. The number of ether oxygens (including phenoxy) is 1. The molecule has 230 valence electrons. The zero-order valence-corrected chi connectivity index (χ0v) is 25.8. The van der Waals surface area contributed by atoms with Crippen LogP contribution in [0, 0.1) is 17.8 Å². The maximum atomic E-state index is 14.7. The predicted molar refractivity (Wildman–Crippen MR) is 165 cm³/mol. The number of hydrogen-bond acceptors (Lipinski definition) is 5. The predicted octanol–water partition coefficient (Wildman–Crippen LogP) is 4.58. The highest BCUT2D eigenvalue weighted by Crippen LogP contribution is 2.65. The van der Waals surface area contributed by atoms with Crippen molar-refractivity contribution in [2.75, 3.05) is 31.1 Å². The van der Waals surface area contributed by atoms with Gasteiger partial charge in [-0.2, -0.15) is 0 Å². The Hall–Kier alpha value is -2.97. The molecule has 3 saturated heterocycles. The Labute approximate surface area is 251 Å². The molecule has 3 fully saturated rings. The molecule has 2 unspecified atom stereocenters. The first kappa shape index (κ1) is 32.0. The maximum Gasteiger partial charge on any atom is 0.248 e. The van der Waals surface area contributed by atoms with Crippen LogP contribution in [0.5, 0.6) is 0 Å². The standard InChI is InChI=1S/C34H49N3O5/c1-7-12-22-35(20-8-2)32(41)29-34-19-18-33(11-5,42-34)27(28(34)31(40)37(29)26(23-38)24(6)10-4)30(39)36(21-9-3)25-16-14-13-15-17-25/h8-9,13-17,24,26-29,38H,2-3,7,10-12,18-23H2,1,4-6H3/t24-,26-,27-,28-,29?,33+,34?/m0/s1. The minimum Gasteiger partial charge on any atom is -0.394 e. The molecule has 4 rings (SSSR count). The zero-order valence-electron chi connectivity index (χ0n) is 25.8. The number of anilines is 1. The maximum absolute atomic E-state index is 14.7. The lowest BCUT2D eigenvalue weighted by Crippen LogP contribution is -2.60. The average molecular weight is 580 g/mol. The second-order valence-corrected chi connectivity index (χ2v) is 12.2. The summed E-state index contributed by atoms with van der Waals surface area (Å²) in [6.45, 7) is 16.8. The van der Waals surface area contributed by atoms with Gasteiger partial charge in [0.25, 0.3) is 0 Å². The van der Waals surface area contributed by atoms with E-state index in [1.165, 1.54) is 0 Å². The SMILES string of the molecule is C=CCN(CCCC)C(=O)C1N([C@@H](CO)[C@@H](C)CC)C(=O)[C@@H]2[C@@H](C(=O)N(CC=C)c3ccccc3)[C@@]3(CC)CCC12O3. The molecule has 1 N–H and O–H groups in total. The number of unbranched alkanes of at least 4 members (excludes halogenated alkanes) is 1. The number of hydrogen-bond donors (Lipinski definition) is 1. The molecule has 1 spiro atoms. The molecule has 3 aliphatic heterocycles. The highest BCUT2D eigenvalue weighted by Gasteiger charge is 2.79. The molecular weight excluding hydrogens is 530 g/mol. The van der Waals surface area contributed by atoms with Crippen LogP contribution in [0.2, 0.25) is 0 Å². The minimum absolute atomic E-state index is 0.0546. The fraction of sp³-hybridized carbons (Fsp3) is 0.618. The number of amides is 3. The van der Waals surface area contributed by atoms with Crippen molar-refractivity contribution in [2.45, 2.75) is 89.5 Å². The van der Waals surface area contributed by atoms with Crippen LogP contribution in [-0.2, 0) is 19.1 Å². The van der Waals surface area contributed by atoms with Crippen molar-refractivity contribution in [2.24, 2.45) is 17.8 Å². The molecule has 3 heterocycles. The number of likely N-dealkylation sites (tertiary alicyclic amines) is 1. The number of para-hydroxylation sites is 1. The minimum atomic E-state index is -1.15. The fourth-order valence-corrected chi connectivity index (χ4v) is 7.68. The lowest BCUT2D eigenvalue weighted by Gasteiger charge is -2.41. The number of nitrogens with zero attached hydrogens (tertiary/aromatic N) is 3. The van der Waals surface area contributed by atoms with Crippen molar-refractivity contribution >= 4 is 23.4 Å². The second kappa shape index (κ2) is 13.1. The summed E-state index contributed by atoms with van der Waals surface area (Å²) in [5, 5.41) is 10.6. The Morgan fingerprint density at radius 3 is 2.38 bits per heavy atom. The summed E-state index contributed by atoms with van der Waals surface area (Å²) in [7, 11) is 0. The van der Waals surface area contributed by atoms with Gasteiger partial charge in [0.2, 0.25) is 17.7 Å². The first-order chi connectivity index (χ1) is 20.2. The summed E-state index contributed by atoms with van der Waals surface area (Å²) >= 11 is 0. The van der Waals surface area contributed by atoms with Crippen LogP contribution in [0.4, 0.5) is 5.69 Å². The quantitative estimate of drug-likeness (QED) is 0.307. The third-order valence-electron chi connectivity index (χ3n) is 10.1. The van der Waals surface area contributed by atoms with E-state index in [2.05, 4.69) is 20.1 Å². The third kappa shape index (κ3) is 5.11. The van der Waals surface area contributed by atoms with Crippen molar-refractivity contribution in [1.29, 1.82) is 0 Å². The molecule has 0 aromatic heterocycles. The van der Waals surface area contributed by atoms with E-state index < -0.39 is 35.1 Å². The molecule has 8 nitrogen and oxygen atoms in total. The van der Waals surface area contributed by atoms with Gasteiger partial charge in [-0.1, -0.05) is 70.9 Å². The number of carbonyl (C=O) groups is 3. The first-order valence-electron chi connectivity index (χ1n) is 15.7. The topological polar surface area (TPSA) is 90.4 Å². The van der Waals surface area contributed by atoms with E-state index in [1.807, 2.05) is 51.1 Å². The van der Waals surface area contributed by atoms with Crippen LogP contribution in [0.1, 0.15) is 66.2 Å². The lowest BCUT2D eigenvalue weighted by molar-refractivity contribution is -0.157. The molecule has 0 radical (unpaired) electrons. The van der Waals surface area contributed by atoms with E-state index in [-0.39, 0.29) is 36.8 Å². The second-order valence-electron chi connectivity index (χ2n) is 12.2. The average Bonchev–Trinajstić information content (AvgIpc) is 3.62. The highest BCUT2D eigenvalue weighted by atomic mass is 16.5. The molecule has 0 saturated carbocycles. The number of carbonyl (C=O) groups excluding carboxylic acids is 3. The van der Waals surface area contributed by atoms with Gasteiger partial charge in [-0.3, -0.25) is 14.4 Å². The normalized spacial score (nSPS) is 29.2. The number of aliphatic hydroxyl groups is 1. The van der Waals surface area contributed by atoms with Gasteiger partial charge in [0, 0.05) is 25.3 Å². The van der Waals surface area contributed by atoms with Crippen molar-refractivity contribution < 1.29 is 24.2 Å². The third-order valence-corrected chi connectivity index (χ3v) is 10.1. The Kier molecular flexibility index (Phi) is 9.99. The Morgan fingerprint density at radius 1 is 1.12 bits per heavy atom. The zero-order chi connectivity index (χ0) is 30.7. The smallest absolute Gasteiger partial charge is 0.248 e. The van der Waals surface area contributed by atoms with Crippen LogP contribution < -0.4 is 4.90 Å². The van der Waals surface area contributed by atoms with Crippen molar-refractivity contribution in [3.8, 4) is 0 Å². The van der Waals surface area contributed by atoms with E-state index in [0.717, 1.165) is 24.9 Å². The Bertz CT molecular complexity index is 1160. The Morgan fingerprint density at radius 2 is 1.81 bits per heavy atom. The molecule has 3 amide bonds. The van der Waals surface area contributed by atoms with E-state index >= 15 is 0 Å². The summed E-state index contributed by atoms with van der Waals surface area (Å²) in [6, 6.07) is 7.93. The van der Waals surface area contributed by atoms with Gasteiger partial charge in [0.1, 0.15) is 11.6 Å². The molecule has 1 aromatic rings. The summed E-state index contributed by atoms with van der Waals surface area (Å²) in [6.07, 6.45) is 7.50. The van der Waals surface area contributed by atoms with Gasteiger partial charge >= 0.3 is 0 Å². The number of fused-ring (bicyclic) bond motifs is 1. The van der Waals surface area contributed by atoms with Gasteiger partial charge in [-0.05, 0) is 43.7 Å². The van der Waals surface area contributed by atoms with Gasteiger partial charge < -0.3 is 24.5 Å². The van der Waals surface area contributed by atoms with E-state index in [9.17, 15) is 19.5 Å². The summed E-state index contributed by atoms with van der Waals surface area (Å²) < 4.78 is 7.00. The highest BCUT2D eigenvalue weighted by molar-refractivity contribution is 6.03. The summed E-state index contributed by atoms with van der Waals surface area (Å²) in [4.78, 5) is 49.0. The molecule has 2 bridgehead atoms. The number of rotatable bonds is 15. The van der Waals surface area contributed by atoms with Gasteiger partial charge in [0.05, 0.1) is 30.1 Å². The van der Waals surface area contributed by atoms with E-state index in [4.69, 9.17) is 4.74 Å². The Balaban J connectivity index is 1.87. The molecule has 0 aliphatic carbocycles. The lowest BCUT2D eigenvalue weighted by atomic mass is 9.64. The number of benzene rings is 1. The van der Waals surface area contributed by atoms with Gasteiger partial charge in [-0.25, -0.2) is 0 Å². The van der Waals surface area contributed by atoms with E-state index in [1.54, 1.807) is 26.9 Å². The van der Waals surface area contributed by atoms with Gasteiger partial charge in [0.15, 0.2) is 0 Å². The van der Waals surface area contributed by atoms with Gasteiger partial charge in [-0.15, -0.1) is 13.2 Å². The largest absolute Gasteiger partial charge is 0.394 e. The van der Waals surface area contributed by atoms with Crippen LogP contribution >= 0.6 is 0 Å². The van der Waals surface area contributed by atoms with Crippen molar-refractivity contribution in [3.05, 3.63) is 55.6 Å². The number of aliphatic hydroxyl groups excluding tert-OH is 1. The van der Waals surface area contributed by atoms with Crippen molar-refractivity contribution in [3.63, 3.8) is 0 Å². The molecule has 1 aromatic carbocycles. The molecule has 42 heavy (non-hydrogen) atoms. The summed E-state index contributed by atoms with van der Waals surface area (Å²) in [5.41, 5.74) is -1.27. The molecule has 7 atom stereocenters. The van der Waals surface area contributed by atoms with Crippen LogP contribution in [0.25, 0.3) is 0 Å². The van der Waals surface area contributed by atoms with Crippen molar-refractivity contribution in [1.82, 2.24) is 9.80 Å². The van der Waals surface area contributed by atoms with Crippen LogP contribution in [0.3, 0.4) is 0 Å². The molecule has 8 heteroatoms. The fourth-order valence-electron chi connectivity index (χ4n) is 7.68. The van der Waals surface area contributed by atoms with E-state index in [0.29, 0.717) is 32.4 Å². The van der Waals surface area contributed by atoms with Crippen LogP contribution in [-0.4, -0.2) is 82.2 Å². The molecular formula is C34H49N3O5.